The van der Waals surface area contributed by atoms with Crippen LogP contribution in [0.1, 0.15) is 47.0 Å². The highest BCUT2D eigenvalue weighted by Gasteiger charge is 2.27. The Labute approximate surface area is 99.3 Å². The van der Waals surface area contributed by atoms with Gasteiger partial charge in [0.15, 0.2) is 0 Å². The third kappa shape index (κ3) is 3.00. The topological polar surface area (TPSA) is 20.2 Å². The molecule has 0 amide bonds. The lowest BCUT2D eigenvalue weighted by Gasteiger charge is -2.33. The Bertz CT molecular complexity index is 361. The maximum Gasteiger partial charge on any atom is 0.125 e. The SMILES string of the molecule is C#CC(C)(O)C/C=C1/C(C)=CCCC1(C)C. The molecule has 1 aliphatic rings. The molecule has 88 valence electrons. The molecule has 1 nitrogen and oxygen atoms in total. The van der Waals surface area contributed by atoms with Gasteiger partial charge in [-0.05, 0) is 37.7 Å². The predicted octanol–water partition coefficient (Wildman–Crippen LogP) is 3.45. The van der Waals surface area contributed by atoms with Gasteiger partial charge >= 0.3 is 0 Å². The average molecular weight is 218 g/mol. The van der Waals surface area contributed by atoms with Gasteiger partial charge in [-0.15, -0.1) is 6.42 Å². The zero-order valence-corrected chi connectivity index (χ0v) is 10.8. The number of rotatable bonds is 2. The molecule has 0 spiro atoms. The average Bonchev–Trinajstić information content (AvgIpc) is 2.16. The highest BCUT2D eigenvalue weighted by atomic mass is 16.3. The van der Waals surface area contributed by atoms with Crippen LogP contribution in [0.2, 0.25) is 0 Å². The molecule has 0 heterocycles. The van der Waals surface area contributed by atoms with Gasteiger partial charge in [-0.2, -0.15) is 0 Å². The third-order valence-electron chi connectivity index (χ3n) is 3.39. The van der Waals surface area contributed by atoms with E-state index in [2.05, 4.69) is 38.8 Å². The highest BCUT2D eigenvalue weighted by Crippen LogP contribution is 2.40. The first-order valence-corrected chi connectivity index (χ1v) is 5.86. The number of allylic oxidation sites excluding steroid dienone is 3. The van der Waals surface area contributed by atoms with Gasteiger partial charge in [-0.3, -0.25) is 0 Å². The molecule has 0 aromatic heterocycles. The molecule has 1 unspecified atom stereocenters. The van der Waals surface area contributed by atoms with Crippen LogP contribution < -0.4 is 0 Å². The number of hydrogen-bond donors (Lipinski definition) is 1. The van der Waals surface area contributed by atoms with Crippen LogP contribution >= 0.6 is 0 Å². The fraction of sp³-hybridized carbons (Fsp3) is 0.600. The van der Waals surface area contributed by atoms with Gasteiger partial charge in [0.1, 0.15) is 5.60 Å². The molecule has 1 aliphatic carbocycles. The zero-order valence-electron chi connectivity index (χ0n) is 10.8. The Hall–Kier alpha value is -1.00. The van der Waals surface area contributed by atoms with Crippen LogP contribution in [0, 0.1) is 17.8 Å². The zero-order chi connectivity index (χ0) is 12.4. The van der Waals surface area contributed by atoms with Crippen LogP contribution in [0.5, 0.6) is 0 Å². The van der Waals surface area contributed by atoms with Crippen molar-refractivity contribution in [3.8, 4) is 12.3 Å². The summed E-state index contributed by atoms with van der Waals surface area (Å²) in [5, 5.41) is 9.81. The number of hydrogen-bond acceptors (Lipinski definition) is 1. The molecule has 0 aliphatic heterocycles. The van der Waals surface area contributed by atoms with E-state index in [1.54, 1.807) is 6.92 Å². The molecule has 0 aromatic carbocycles. The van der Waals surface area contributed by atoms with E-state index in [-0.39, 0.29) is 5.41 Å². The van der Waals surface area contributed by atoms with Gasteiger partial charge in [0, 0.05) is 6.42 Å². The maximum absolute atomic E-state index is 9.81. The summed E-state index contributed by atoms with van der Waals surface area (Å²) >= 11 is 0. The first-order chi connectivity index (χ1) is 7.28. The fourth-order valence-electron chi connectivity index (χ4n) is 2.22. The van der Waals surface area contributed by atoms with Crippen LogP contribution in [0.4, 0.5) is 0 Å². The van der Waals surface area contributed by atoms with E-state index in [0.717, 1.165) is 12.8 Å². The van der Waals surface area contributed by atoms with E-state index in [0.29, 0.717) is 6.42 Å². The quantitative estimate of drug-likeness (QED) is 0.704. The molecule has 0 bridgehead atoms. The lowest BCUT2D eigenvalue weighted by atomic mass is 9.72. The monoisotopic (exact) mass is 218 g/mol. The third-order valence-corrected chi connectivity index (χ3v) is 3.39. The predicted molar refractivity (Wildman–Crippen MR) is 68.9 cm³/mol. The van der Waals surface area contributed by atoms with Crippen molar-refractivity contribution in [1.82, 2.24) is 0 Å². The van der Waals surface area contributed by atoms with Crippen molar-refractivity contribution in [2.24, 2.45) is 5.41 Å². The number of aliphatic hydroxyl groups is 1. The molecule has 1 atom stereocenters. The van der Waals surface area contributed by atoms with Crippen molar-refractivity contribution < 1.29 is 5.11 Å². The van der Waals surface area contributed by atoms with Crippen LogP contribution in [-0.2, 0) is 0 Å². The van der Waals surface area contributed by atoms with E-state index in [9.17, 15) is 5.11 Å². The second-order valence-electron chi connectivity index (χ2n) is 5.55. The van der Waals surface area contributed by atoms with Gasteiger partial charge in [0.25, 0.3) is 0 Å². The van der Waals surface area contributed by atoms with Crippen LogP contribution in [0.3, 0.4) is 0 Å². The van der Waals surface area contributed by atoms with Gasteiger partial charge in [-0.1, -0.05) is 37.5 Å². The van der Waals surface area contributed by atoms with Crippen molar-refractivity contribution in [2.75, 3.05) is 0 Å². The van der Waals surface area contributed by atoms with Crippen LogP contribution in [-0.4, -0.2) is 10.7 Å². The normalized spacial score (nSPS) is 25.8. The second-order valence-corrected chi connectivity index (χ2v) is 5.55. The lowest BCUT2D eigenvalue weighted by molar-refractivity contribution is 0.125. The first-order valence-electron chi connectivity index (χ1n) is 5.86. The number of terminal acetylenes is 1. The fourth-order valence-corrected chi connectivity index (χ4v) is 2.22. The molecule has 0 saturated carbocycles. The smallest absolute Gasteiger partial charge is 0.125 e. The van der Waals surface area contributed by atoms with Crippen molar-refractivity contribution in [3.05, 3.63) is 23.3 Å². The van der Waals surface area contributed by atoms with E-state index in [1.165, 1.54) is 11.1 Å². The first kappa shape index (κ1) is 13.1. The molecule has 0 aromatic rings. The molecule has 0 saturated heterocycles. The van der Waals surface area contributed by atoms with Crippen LogP contribution in [0.25, 0.3) is 0 Å². The van der Waals surface area contributed by atoms with E-state index in [1.807, 2.05) is 0 Å². The summed E-state index contributed by atoms with van der Waals surface area (Å²) in [5.41, 5.74) is 1.82. The van der Waals surface area contributed by atoms with E-state index >= 15 is 0 Å². The Morgan fingerprint density at radius 2 is 2.25 bits per heavy atom. The van der Waals surface area contributed by atoms with Crippen LogP contribution in [0.15, 0.2) is 23.3 Å². The Morgan fingerprint density at radius 1 is 1.62 bits per heavy atom. The summed E-state index contributed by atoms with van der Waals surface area (Å²) in [6, 6.07) is 0. The largest absolute Gasteiger partial charge is 0.378 e. The minimum atomic E-state index is -1.03. The lowest BCUT2D eigenvalue weighted by Crippen LogP contribution is -2.23. The molecular weight excluding hydrogens is 196 g/mol. The van der Waals surface area contributed by atoms with E-state index in [4.69, 9.17) is 6.42 Å². The minimum Gasteiger partial charge on any atom is -0.378 e. The highest BCUT2D eigenvalue weighted by molar-refractivity contribution is 5.37. The van der Waals surface area contributed by atoms with Crippen molar-refractivity contribution in [2.45, 2.75) is 52.6 Å². The summed E-state index contributed by atoms with van der Waals surface area (Å²) in [6.07, 6.45) is 12.5. The summed E-state index contributed by atoms with van der Waals surface area (Å²) in [4.78, 5) is 0. The van der Waals surface area contributed by atoms with Gasteiger partial charge < -0.3 is 5.11 Å². The molecule has 1 heteroatoms. The summed E-state index contributed by atoms with van der Waals surface area (Å²) in [5.74, 6) is 2.41. The minimum absolute atomic E-state index is 0.198. The second kappa shape index (κ2) is 4.47. The molecule has 1 rings (SSSR count). The van der Waals surface area contributed by atoms with E-state index < -0.39 is 5.60 Å². The summed E-state index contributed by atoms with van der Waals surface area (Å²) in [6.45, 7) is 8.32. The van der Waals surface area contributed by atoms with Crippen molar-refractivity contribution in [1.29, 1.82) is 0 Å². The summed E-state index contributed by atoms with van der Waals surface area (Å²) < 4.78 is 0. The van der Waals surface area contributed by atoms with Gasteiger partial charge in [0.05, 0.1) is 0 Å². The standard InChI is InChI=1S/C15H22O/c1-6-15(5,16)11-9-13-12(2)8-7-10-14(13,3)4/h1,8-9,16H,7,10-11H2,2-5H3/b13-9-. The Morgan fingerprint density at radius 3 is 2.75 bits per heavy atom. The molecule has 0 radical (unpaired) electrons. The Kier molecular flexibility index (Phi) is 3.65. The molecule has 1 N–H and O–H groups in total. The van der Waals surface area contributed by atoms with Crippen molar-refractivity contribution in [3.63, 3.8) is 0 Å². The maximum atomic E-state index is 9.81. The molecule has 0 fully saturated rings. The van der Waals surface area contributed by atoms with Gasteiger partial charge in [0.2, 0.25) is 0 Å². The molecule has 16 heavy (non-hydrogen) atoms. The van der Waals surface area contributed by atoms with Gasteiger partial charge in [-0.25, -0.2) is 0 Å². The Balaban J connectivity index is 2.93. The molecular formula is C15H22O. The summed E-state index contributed by atoms with van der Waals surface area (Å²) in [7, 11) is 0. The van der Waals surface area contributed by atoms with Crippen molar-refractivity contribution >= 4 is 0 Å².